The highest BCUT2D eigenvalue weighted by molar-refractivity contribution is 5.68. The van der Waals surface area contributed by atoms with Gasteiger partial charge < -0.3 is 9.64 Å². The summed E-state index contributed by atoms with van der Waals surface area (Å²) in [5, 5.41) is 2.15. The van der Waals surface area contributed by atoms with Crippen molar-refractivity contribution in [3.8, 4) is 0 Å². The van der Waals surface area contributed by atoms with Crippen LogP contribution >= 0.6 is 0 Å². The Morgan fingerprint density at radius 2 is 1.94 bits per heavy atom. The van der Waals surface area contributed by atoms with Crippen LogP contribution in [-0.2, 0) is 9.53 Å². The highest BCUT2D eigenvalue weighted by atomic mass is 16.5. The average Bonchev–Trinajstić information content (AvgIpc) is 3.20. The maximum Gasteiger partial charge on any atom is 0.209 e. The van der Waals surface area contributed by atoms with E-state index in [2.05, 4.69) is 62.5 Å². The monoisotopic (exact) mass is 422 g/mol. The van der Waals surface area contributed by atoms with Gasteiger partial charge in [-0.1, -0.05) is 17.7 Å². The molecule has 5 rings (SSSR count). The first kappa shape index (κ1) is 20.4. The van der Waals surface area contributed by atoms with Crippen molar-refractivity contribution in [3.05, 3.63) is 53.9 Å². The Balaban J connectivity index is 1.28. The number of carbonyl (C=O) groups excluding carboxylic acids is 1. The highest BCUT2D eigenvalue weighted by Crippen LogP contribution is 2.38. The minimum Gasteiger partial charge on any atom is -0.374 e. The van der Waals surface area contributed by atoms with Crippen molar-refractivity contribution >= 4 is 17.8 Å². The van der Waals surface area contributed by atoms with Crippen molar-refractivity contribution in [3.63, 3.8) is 0 Å². The lowest BCUT2D eigenvalue weighted by Gasteiger charge is -2.40. The first-order valence-corrected chi connectivity index (χ1v) is 11.1. The Morgan fingerprint density at radius 3 is 2.71 bits per heavy atom. The van der Waals surface area contributed by atoms with E-state index in [1.807, 2.05) is 17.3 Å². The van der Waals surface area contributed by atoms with Gasteiger partial charge in [0.25, 0.3) is 0 Å². The Morgan fingerprint density at radius 1 is 1.13 bits per heavy atom. The zero-order valence-electron chi connectivity index (χ0n) is 18.0. The van der Waals surface area contributed by atoms with Crippen LogP contribution in [0.15, 0.2) is 42.7 Å². The van der Waals surface area contributed by atoms with Gasteiger partial charge in [-0.2, -0.15) is 0 Å². The van der Waals surface area contributed by atoms with Crippen molar-refractivity contribution < 1.29 is 9.53 Å². The van der Waals surface area contributed by atoms with Gasteiger partial charge in [0.05, 0.1) is 30.3 Å². The first-order valence-electron chi connectivity index (χ1n) is 11.1. The van der Waals surface area contributed by atoms with Crippen LogP contribution in [0, 0.1) is 6.92 Å². The third-order valence-corrected chi connectivity index (χ3v) is 6.46. The van der Waals surface area contributed by atoms with Crippen LogP contribution < -0.4 is 10.4 Å². The minimum absolute atomic E-state index is 0.0950. The highest BCUT2D eigenvalue weighted by Gasteiger charge is 2.36. The number of aryl methyl sites for hydroxylation is 1. The van der Waals surface area contributed by atoms with Crippen LogP contribution in [-0.4, -0.2) is 84.6 Å². The molecule has 2 fully saturated rings. The third-order valence-electron chi connectivity index (χ3n) is 6.46. The fraction of sp³-hybridized carbons (Fsp3) is 0.478. The van der Waals surface area contributed by atoms with Crippen LogP contribution in [0.4, 0.5) is 11.4 Å². The van der Waals surface area contributed by atoms with Gasteiger partial charge in [0.1, 0.15) is 6.17 Å². The summed E-state index contributed by atoms with van der Waals surface area (Å²) < 4.78 is 6.12. The molecule has 2 aromatic rings. The molecule has 1 amide bonds. The quantitative estimate of drug-likeness (QED) is 0.733. The van der Waals surface area contributed by atoms with Gasteiger partial charge in [-0.15, -0.1) is 0 Å². The third kappa shape index (κ3) is 4.29. The van der Waals surface area contributed by atoms with Crippen molar-refractivity contribution in [1.82, 2.24) is 25.1 Å². The molecule has 0 radical (unpaired) electrons. The molecule has 1 aromatic heterocycles. The summed E-state index contributed by atoms with van der Waals surface area (Å²) in [7, 11) is 0. The van der Waals surface area contributed by atoms with Crippen LogP contribution in [0.25, 0.3) is 0 Å². The molecule has 1 aromatic carbocycles. The number of nitrogens with one attached hydrogen (secondary N) is 1. The largest absolute Gasteiger partial charge is 0.374 e. The number of amides is 1. The van der Waals surface area contributed by atoms with Crippen LogP contribution in [0.1, 0.15) is 17.3 Å². The molecule has 3 aliphatic heterocycles. The summed E-state index contributed by atoms with van der Waals surface area (Å²) in [4.78, 5) is 22.1. The van der Waals surface area contributed by atoms with E-state index in [9.17, 15) is 4.79 Å². The first-order chi connectivity index (χ1) is 15.2. The van der Waals surface area contributed by atoms with E-state index in [1.54, 1.807) is 0 Å². The van der Waals surface area contributed by atoms with Crippen LogP contribution in [0.3, 0.4) is 0 Å². The van der Waals surface area contributed by atoms with E-state index in [0.717, 1.165) is 70.2 Å². The molecule has 0 saturated carbocycles. The molecule has 1 N–H and O–H groups in total. The Hall–Kier alpha value is -2.52. The number of pyridine rings is 1. The van der Waals surface area contributed by atoms with Crippen molar-refractivity contribution in [1.29, 1.82) is 0 Å². The standard InChI is InChI=1S/C23H30N6O2/c1-18-2-4-19(5-3-18)29-22-14-24-7-6-21(22)23(25-29)28-12-13-31-20(16-28)15-26-8-10-27(17-30)11-9-26/h2-7,14,17,20,23,25H,8-13,15-16H2,1H3. The number of fused-ring (bicyclic) bond motifs is 1. The molecule has 3 aliphatic rings. The number of aromatic nitrogens is 1. The van der Waals surface area contributed by atoms with E-state index in [0.29, 0.717) is 0 Å². The Bertz CT molecular complexity index is 899. The summed E-state index contributed by atoms with van der Waals surface area (Å²) in [6.45, 7) is 8.92. The normalized spacial score (nSPS) is 24.9. The van der Waals surface area contributed by atoms with E-state index in [4.69, 9.17) is 4.74 Å². The molecule has 2 unspecified atom stereocenters. The fourth-order valence-corrected chi connectivity index (χ4v) is 4.69. The smallest absolute Gasteiger partial charge is 0.209 e. The summed E-state index contributed by atoms with van der Waals surface area (Å²) in [6.07, 6.45) is 5.02. The number of rotatable bonds is 5. The molecule has 31 heavy (non-hydrogen) atoms. The van der Waals surface area contributed by atoms with Gasteiger partial charge in [-0.25, -0.2) is 5.43 Å². The van der Waals surface area contributed by atoms with E-state index in [1.165, 1.54) is 11.1 Å². The number of ether oxygens (including phenoxy) is 1. The number of piperazine rings is 1. The molecule has 2 atom stereocenters. The molecule has 8 nitrogen and oxygen atoms in total. The molecule has 0 spiro atoms. The lowest BCUT2D eigenvalue weighted by atomic mass is 10.1. The Kier molecular flexibility index (Phi) is 5.87. The van der Waals surface area contributed by atoms with Gasteiger partial charge in [0.15, 0.2) is 0 Å². The summed E-state index contributed by atoms with van der Waals surface area (Å²) in [5.41, 5.74) is 8.41. The SMILES string of the molecule is Cc1ccc(N2NC(N3CCOC(CN4CCN(C=O)CC4)C3)c3ccncc32)cc1. The molecular formula is C23H30N6O2. The maximum absolute atomic E-state index is 11.0. The lowest BCUT2D eigenvalue weighted by Crippen LogP contribution is -2.54. The number of hydrazine groups is 1. The predicted molar refractivity (Wildman–Crippen MR) is 119 cm³/mol. The molecule has 8 heteroatoms. The number of benzene rings is 1. The second kappa shape index (κ2) is 8.92. The van der Waals surface area contributed by atoms with Crippen LogP contribution in [0.5, 0.6) is 0 Å². The number of hydrogen-bond acceptors (Lipinski definition) is 7. The van der Waals surface area contributed by atoms with E-state index in [-0.39, 0.29) is 12.3 Å². The van der Waals surface area contributed by atoms with Gasteiger partial charge in [-0.05, 0) is 25.1 Å². The van der Waals surface area contributed by atoms with Gasteiger partial charge in [-0.3, -0.25) is 24.6 Å². The van der Waals surface area contributed by atoms with E-state index >= 15 is 0 Å². The second-order valence-electron chi connectivity index (χ2n) is 8.57. The maximum atomic E-state index is 11.0. The number of morpholine rings is 1. The number of hydrogen-bond donors (Lipinski definition) is 1. The number of carbonyl (C=O) groups is 1. The average molecular weight is 423 g/mol. The zero-order chi connectivity index (χ0) is 21.2. The minimum atomic E-state index is 0.0950. The molecule has 4 heterocycles. The second-order valence-corrected chi connectivity index (χ2v) is 8.57. The van der Waals surface area contributed by atoms with Gasteiger partial charge in [0, 0.05) is 57.6 Å². The number of anilines is 2. The van der Waals surface area contributed by atoms with Crippen LogP contribution in [0.2, 0.25) is 0 Å². The van der Waals surface area contributed by atoms with Crippen molar-refractivity contribution in [2.24, 2.45) is 0 Å². The van der Waals surface area contributed by atoms with Crippen molar-refractivity contribution in [2.75, 3.05) is 57.4 Å². The molecular weight excluding hydrogens is 392 g/mol. The molecule has 0 bridgehead atoms. The predicted octanol–water partition coefficient (Wildman–Crippen LogP) is 1.52. The topological polar surface area (TPSA) is 64.2 Å². The zero-order valence-corrected chi connectivity index (χ0v) is 18.0. The number of nitrogens with zero attached hydrogens (tertiary/aromatic N) is 5. The molecule has 0 aliphatic carbocycles. The van der Waals surface area contributed by atoms with Crippen molar-refractivity contribution in [2.45, 2.75) is 19.2 Å². The fourth-order valence-electron chi connectivity index (χ4n) is 4.69. The molecule has 164 valence electrons. The van der Waals surface area contributed by atoms with E-state index < -0.39 is 0 Å². The lowest BCUT2D eigenvalue weighted by molar-refractivity contribution is -0.120. The van der Waals surface area contributed by atoms with Gasteiger partial charge >= 0.3 is 0 Å². The van der Waals surface area contributed by atoms with Gasteiger partial charge in [0.2, 0.25) is 6.41 Å². The molecule has 2 saturated heterocycles. The summed E-state index contributed by atoms with van der Waals surface area (Å²) >= 11 is 0. The summed E-state index contributed by atoms with van der Waals surface area (Å²) in [6, 6.07) is 10.7. The summed E-state index contributed by atoms with van der Waals surface area (Å²) in [5.74, 6) is 0. The Labute approximate surface area is 183 Å².